The van der Waals surface area contributed by atoms with Gasteiger partial charge in [-0.1, -0.05) is 18.2 Å². The number of allylic oxidation sites excluding steroid dienone is 4. The highest BCUT2D eigenvalue weighted by atomic mass is 14.9. The van der Waals surface area contributed by atoms with E-state index in [1.807, 2.05) is 25.3 Å². The van der Waals surface area contributed by atoms with Crippen LogP contribution >= 0.6 is 0 Å². The van der Waals surface area contributed by atoms with Gasteiger partial charge in [0.05, 0.1) is 0 Å². The quantitative estimate of drug-likeness (QED) is 0.561. The van der Waals surface area contributed by atoms with Gasteiger partial charge < -0.3 is 5.32 Å². The molecule has 58 valence electrons. The van der Waals surface area contributed by atoms with Gasteiger partial charge >= 0.3 is 0 Å². The van der Waals surface area contributed by atoms with E-state index in [9.17, 15) is 0 Å². The van der Waals surface area contributed by atoms with Crippen LogP contribution in [0, 0.1) is 12.8 Å². The maximum absolute atomic E-state index is 4.00. The van der Waals surface area contributed by atoms with Gasteiger partial charge in [-0.2, -0.15) is 0 Å². The Balaban J connectivity index is 0.000000461. The van der Waals surface area contributed by atoms with Crippen LogP contribution in [0.15, 0.2) is 36.2 Å². The predicted molar refractivity (Wildman–Crippen MR) is 49.7 cm³/mol. The molecule has 0 bridgehead atoms. The fourth-order valence-corrected chi connectivity index (χ4v) is 0.739. The number of rotatable bonds is 1. The molecule has 0 amide bonds. The third-order valence-corrected chi connectivity index (χ3v) is 1.21. The Bertz CT molecular complexity index is 184. The van der Waals surface area contributed by atoms with E-state index in [1.165, 1.54) is 5.70 Å². The summed E-state index contributed by atoms with van der Waals surface area (Å²) in [6, 6.07) is 0. The molecular formula is C10H13N. The van der Waals surface area contributed by atoms with Gasteiger partial charge in [0.1, 0.15) is 0 Å². The van der Waals surface area contributed by atoms with Crippen LogP contribution in [0.1, 0.15) is 13.3 Å². The van der Waals surface area contributed by atoms with Gasteiger partial charge in [0.2, 0.25) is 0 Å². The molecule has 1 aliphatic heterocycles. The highest BCUT2D eigenvalue weighted by Gasteiger charge is 1.93. The maximum Gasteiger partial charge on any atom is 0.0185 e. The molecule has 0 atom stereocenters. The molecule has 0 saturated carbocycles. The molecule has 0 aliphatic carbocycles. The molecule has 0 aromatic carbocycles. The van der Waals surface area contributed by atoms with Gasteiger partial charge in [-0.05, 0) is 19.2 Å². The van der Waals surface area contributed by atoms with E-state index in [4.69, 9.17) is 0 Å². The molecule has 1 rings (SSSR count). The molecule has 0 aromatic heterocycles. The minimum Gasteiger partial charge on any atom is -0.365 e. The normalized spacial score (nSPS) is 17.9. The van der Waals surface area contributed by atoms with Gasteiger partial charge in [-0.15, -0.1) is 12.8 Å². The van der Waals surface area contributed by atoms with Crippen molar-refractivity contribution < 1.29 is 0 Å². The fourth-order valence-electron chi connectivity index (χ4n) is 0.739. The Morgan fingerprint density at radius 1 is 1.55 bits per heavy atom. The number of nitrogens with one attached hydrogen (secondary N) is 1. The number of terminal acetylenes is 1. The van der Waals surface area contributed by atoms with Crippen molar-refractivity contribution in [3.05, 3.63) is 36.2 Å². The number of hydrogen-bond donors (Lipinski definition) is 1. The topological polar surface area (TPSA) is 12.0 Å². The lowest BCUT2D eigenvalue weighted by atomic mass is 10.3. The van der Waals surface area contributed by atoms with Crippen molar-refractivity contribution in [1.29, 1.82) is 0 Å². The van der Waals surface area contributed by atoms with Gasteiger partial charge in [0, 0.05) is 12.1 Å². The largest absolute Gasteiger partial charge is 0.365 e. The highest BCUT2D eigenvalue weighted by molar-refractivity contribution is 5.19. The second-order valence-electron chi connectivity index (χ2n) is 1.97. The summed E-state index contributed by atoms with van der Waals surface area (Å²) in [7, 11) is 0. The van der Waals surface area contributed by atoms with Crippen molar-refractivity contribution in [2.45, 2.75) is 13.3 Å². The van der Waals surface area contributed by atoms with Crippen LogP contribution in [0.25, 0.3) is 0 Å². The molecule has 1 N–H and O–H groups in total. The molecule has 0 radical (unpaired) electrons. The van der Waals surface area contributed by atoms with Crippen molar-refractivity contribution in [2.24, 2.45) is 0 Å². The predicted octanol–water partition coefficient (Wildman–Crippen LogP) is 2.20. The average Bonchev–Trinajstić information content (AvgIpc) is 2.57. The summed E-state index contributed by atoms with van der Waals surface area (Å²) >= 11 is 0. The zero-order valence-electron chi connectivity index (χ0n) is 6.75. The average molecular weight is 147 g/mol. The first-order valence-corrected chi connectivity index (χ1v) is 3.50. The van der Waals surface area contributed by atoms with Crippen molar-refractivity contribution in [3.63, 3.8) is 0 Å². The second-order valence-corrected chi connectivity index (χ2v) is 1.97. The first-order valence-electron chi connectivity index (χ1n) is 3.50. The first-order chi connectivity index (χ1) is 5.43. The van der Waals surface area contributed by atoms with E-state index < -0.39 is 0 Å². The fraction of sp³-hybridized carbons (Fsp3) is 0.200. The standard InChI is InChI=1S/C8H11N.C2H2/c1-2-3-5-8-6-4-7-9-8;1-2/h2-5,7,9H,6H2,1H3;1-2H/b3-2-,8-5+;. The smallest absolute Gasteiger partial charge is 0.0185 e. The lowest BCUT2D eigenvalue weighted by Crippen LogP contribution is -1.95. The van der Waals surface area contributed by atoms with Crippen LogP contribution < -0.4 is 5.32 Å². The summed E-state index contributed by atoms with van der Waals surface area (Å²) < 4.78 is 0. The third-order valence-electron chi connectivity index (χ3n) is 1.21. The van der Waals surface area contributed by atoms with Gasteiger partial charge in [-0.3, -0.25) is 0 Å². The van der Waals surface area contributed by atoms with Crippen LogP contribution in [-0.4, -0.2) is 0 Å². The van der Waals surface area contributed by atoms with E-state index in [2.05, 4.69) is 30.3 Å². The molecule has 1 nitrogen and oxygen atoms in total. The molecule has 0 fully saturated rings. The van der Waals surface area contributed by atoms with E-state index >= 15 is 0 Å². The Morgan fingerprint density at radius 3 is 2.73 bits per heavy atom. The van der Waals surface area contributed by atoms with Crippen LogP contribution in [0.3, 0.4) is 0 Å². The van der Waals surface area contributed by atoms with Crippen molar-refractivity contribution in [1.82, 2.24) is 5.32 Å². The van der Waals surface area contributed by atoms with Crippen molar-refractivity contribution in [3.8, 4) is 12.8 Å². The third kappa shape index (κ3) is 4.05. The maximum atomic E-state index is 4.00. The molecule has 11 heavy (non-hydrogen) atoms. The van der Waals surface area contributed by atoms with E-state index in [0.717, 1.165) is 6.42 Å². The van der Waals surface area contributed by atoms with Crippen molar-refractivity contribution in [2.75, 3.05) is 0 Å². The molecule has 0 aromatic rings. The van der Waals surface area contributed by atoms with Crippen LogP contribution in [-0.2, 0) is 0 Å². The summed E-state index contributed by atoms with van der Waals surface area (Å²) in [4.78, 5) is 0. The zero-order chi connectivity index (χ0) is 8.53. The Kier molecular flexibility index (Phi) is 5.83. The summed E-state index contributed by atoms with van der Waals surface area (Å²) in [5.41, 5.74) is 1.27. The molecule has 0 saturated heterocycles. The number of hydrogen-bond acceptors (Lipinski definition) is 1. The monoisotopic (exact) mass is 147 g/mol. The Labute approximate surface area is 68.5 Å². The van der Waals surface area contributed by atoms with E-state index in [0.29, 0.717) is 0 Å². The van der Waals surface area contributed by atoms with E-state index in [1.54, 1.807) is 0 Å². The lowest BCUT2D eigenvalue weighted by Gasteiger charge is -1.92. The molecule has 1 aliphatic rings. The molecule has 1 heteroatoms. The Hall–Kier alpha value is -1.42. The molecule has 0 unspecified atom stereocenters. The van der Waals surface area contributed by atoms with Crippen LogP contribution in [0.2, 0.25) is 0 Å². The van der Waals surface area contributed by atoms with E-state index in [-0.39, 0.29) is 0 Å². The highest BCUT2D eigenvalue weighted by Crippen LogP contribution is 2.04. The van der Waals surface area contributed by atoms with Gasteiger partial charge in [-0.25, -0.2) is 0 Å². The zero-order valence-corrected chi connectivity index (χ0v) is 6.75. The van der Waals surface area contributed by atoms with Gasteiger partial charge in [0.25, 0.3) is 0 Å². The minimum atomic E-state index is 1.05. The summed E-state index contributed by atoms with van der Waals surface area (Å²) in [5, 5.41) is 3.12. The summed E-state index contributed by atoms with van der Waals surface area (Å²) in [5.74, 6) is 0. The lowest BCUT2D eigenvalue weighted by molar-refractivity contribution is 1.07. The van der Waals surface area contributed by atoms with Crippen molar-refractivity contribution >= 4 is 0 Å². The van der Waals surface area contributed by atoms with Gasteiger partial charge in [0.15, 0.2) is 0 Å². The summed E-state index contributed by atoms with van der Waals surface area (Å²) in [6.07, 6.45) is 19.3. The second kappa shape index (κ2) is 6.70. The SMILES string of the molecule is C#C.C/C=C\C=C1/CC=CN1. The molecule has 1 heterocycles. The van der Waals surface area contributed by atoms with Crippen LogP contribution in [0.5, 0.6) is 0 Å². The van der Waals surface area contributed by atoms with Crippen LogP contribution in [0.4, 0.5) is 0 Å². The molecular weight excluding hydrogens is 134 g/mol. The minimum absolute atomic E-state index is 1.05. The Morgan fingerprint density at radius 2 is 2.27 bits per heavy atom. The molecule has 0 spiro atoms. The summed E-state index contributed by atoms with van der Waals surface area (Å²) in [6.45, 7) is 2.01. The first kappa shape index (κ1) is 9.58.